The van der Waals surface area contributed by atoms with Gasteiger partial charge in [0.1, 0.15) is 5.82 Å². The minimum atomic E-state index is -0.172. The number of ether oxygens (including phenoxy) is 1. The number of nitrogens with two attached hydrogens (primary N) is 1. The Bertz CT molecular complexity index is 407. The fourth-order valence-corrected chi connectivity index (χ4v) is 3.45. The fraction of sp³-hybridized carbons (Fsp3) is 0.600. The SMILES string of the molecule is CCC(N)Cc1cc(F)ccc1SC1CCOCC1. The molecule has 0 bridgehead atoms. The number of hydrogen-bond acceptors (Lipinski definition) is 3. The summed E-state index contributed by atoms with van der Waals surface area (Å²) in [6.07, 6.45) is 3.81. The van der Waals surface area contributed by atoms with Crippen LogP contribution in [0.5, 0.6) is 0 Å². The lowest BCUT2D eigenvalue weighted by Crippen LogP contribution is -2.22. The van der Waals surface area contributed by atoms with Gasteiger partial charge in [0, 0.05) is 29.4 Å². The van der Waals surface area contributed by atoms with Crippen LogP contribution in [0.15, 0.2) is 23.1 Å². The van der Waals surface area contributed by atoms with Crippen molar-refractivity contribution < 1.29 is 9.13 Å². The first-order valence-corrected chi connectivity index (χ1v) is 7.85. The second kappa shape index (κ2) is 7.27. The molecule has 1 fully saturated rings. The molecule has 1 aliphatic heterocycles. The normalized spacial score (nSPS) is 18.5. The third kappa shape index (κ3) is 4.48. The van der Waals surface area contributed by atoms with E-state index in [4.69, 9.17) is 10.5 Å². The van der Waals surface area contributed by atoms with Gasteiger partial charge in [0.15, 0.2) is 0 Å². The average Bonchev–Trinajstić information content (AvgIpc) is 2.43. The summed E-state index contributed by atoms with van der Waals surface area (Å²) in [5.41, 5.74) is 7.05. The third-order valence-corrected chi connectivity index (χ3v) is 4.95. The molecule has 0 aliphatic carbocycles. The summed E-state index contributed by atoms with van der Waals surface area (Å²) in [5, 5.41) is 0.579. The van der Waals surface area contributed by atoms with Gasteiger partial charge in [-0.3, -0.25) is 0 Å². The Morgan fingerprint density at radius 1 is 1.42 bits per heavy atom. The Hall–Kier alpha value is -0.580. The summed E-state index contributed by atoms with van der Waals surface area (Å²) >= 11 is 1.85. The Morgan fingerprint density at radius 3 is 2.84 bits per heavy atom. The Labute approximate surface area is 118 Å². The molecule has 0 spiro atoms. The third-order valence-electron chi connectivity index (χ3n) is 3.49. The summed E-state index contributed by atoms with van der Waals surface area (Å²) in [6.45, 7) is 3.74. The molecule has 0 radical (unpaired) electrons. The van der Waals surface area contributed by atoms with Crippen LogP contribution in [0, 0.1) is 5.82 Å². The standard InChI is InChI=1S/C15H22FNOS/c1-2-13(17)10-11-9-12(16)3-4-15(11)19-14-5-7-18-8-6-14/h3-4,9,13-14H,2,5-8,10,17H2,1H3. The molecule has 0 aromatic heterocycles. The maximum Gasteiger partial charge on any atom is 0.123 e. The van der Waals surface area contributed by atoms with E-state index in [1.807, 2.05) is 17.8 Å². The van der Waals surface area contributed by atoms with Crippen LogP contribution in [0.3, 0.4) is 0 Å². The summed E-state index contributed by atoms with van der Waals surface area (Å²) in [4.78, 5) is 1.18. The monoisotopic (exact) mass is 283 g/mol. The van der Waals surface area contributed by atoms with Gasteiger partial charge in [0.2, 0.25) is 0 Å². The van der Waals surface area contributed by atoms with Crippen molar-refractivity contribution in [3.05, 3.63) is 29.6 Å². The van der Waals surface area contributed by atoms with E-state index >= 15 is 0 Å². The lowest BCUT2D eigenvalue weighted by atomic mass is 10.0. The molecule has 1 heterocycles. The van der Waals surface area contributed by atoms with Crippen molar-refractivity contribution in [1.82, 2.24) is 0 Å². The fourth-order valence-electron chi connectivity index (χ4n) is 2.22. The summed E-state index contributed by atoms with van der Waals surface area (Å²) in [6, 6.07) is 5.18. The van der Waals surface area contributed by atoms with Gasteiger partial charge in [-0.05, 0) is 49.4 Å². The van der Waals surface area contributed by atoms with Crippen LogP contribution in [-0.2, 0) is 11.2 Å². The Kier molecular flexibility index (Phi) is 5.67. The molecule has 19 heavy (non-hydrogen) atoms. The van der Waals surface area contributed by atoms with Crippen LogP contribution in [0.1, 0.15) is 31.7 Å². The molecule has 1 aromatic rings. The number of rotatable bonds is 5. The Morgan fingerprint density at radius 2 is 2.16 bits per heavy atom. The van der Waals surface area contributed by atoms with Crippen LogP contribution in [0.2, 0.25) is 0 Å². The first kappa shape index (κ1) is 14.8. The van der Waals surface area contributed by atoms with E-state index in [-0.39, 0.29) is 11.9 Å². The molecule has 4 heteroatoms. The maximum absolute atomic E-state index is 13.4. The highest BCUT2D eigenvalue weighted by Gasteiger charge is 2.17. The number of thioether (sulfide) groups is 1. The van der Waals surface area contributed by atoms with Crippen LogP contribution in [0.4, 0.5) is 4.39 Å². The molecule has 2 nitrogen and oxygen atoms in total. The molecule has 0 saturated carbocycles. The summed E-state index contributed by atoms with van der Waals surface area (Å²) in [7, 11) is 0. The highest BCUT2D eigenvalue weighted by molar-refractivity contribution is 8.00. The van der Waals surface area contributed by atoms with Gasteiger partial charge in [-0.2, -0.15) is 0 Å². The van der Waals surface area contributed by atoms with Crippen molar-refractivity contribution >= 4 is 11.8 Å². The van der Waals surface area contributed by atoms with Crippen molar-refractivity contribution in [2.24, 2.45) is 5.73 Å². The molecule has 106 valence electrons. The molecular formula is C15H22FNOS. The lowest BCUT2D eigenvalue weighted by molar-refractivity contribution is 0.1000. The number of benzene rings is 1. The smallest absolute Gasteiger partial charge is 0.123 e. The van der Waals surface area contributed by atoms with E-state index in [0.717, 1.165) is 44.5 Å². The summed E-state index contributed by atoms with van der Waals surface area (Å²) in [5.74, 6) is -0.172. The first-order chi connectivity index (χ1) is 9.19. The van der Waals surface area contributed by atoms with E-state index in [2.05, 4.69) is 6.92 Å². The predicted molar refractivity (Wildman–Crippen MR) is 78.1 cm³/mol. The molecule has 1 saturated heterocycles. The molecule has 1 atom stereocenters. The second-order valence-electron chi connectivity index (χ2n) is 5.05. The van der Waals surface area contributed by atoms with Crippen LogP contribution >= 0.6 is 11.8 Å². The molecule has 2 N–H and O–H groups in total. The zero-order chi connectivity index (χ0) is 13.7. The van der Waals surface area contributed by atoms with Gasteiger partial charge < -0.3 is 10.5 Å². The van der Waals surface area contributed by atoms with Crippen molar-refractivity contribution in [3.8, 4) is 0 Å². The van der Waals surface area contributed by atoms with E-state index in [9.17, 15) is 4.39 Å². The van der Waals surface area contributed by atoms with Crippen molar-refractivity contribution in [1.29, 1.82) is 0 Å². The highest BCUT2D eigenvalue weighted by Crippen LogP contribution is 2.33. The van der Waals surface area contributed by atoms with E-state index in [0.29, 0.717) is 5.25 Å². The molecule has 2 rings (SSSR count). The predicted octanol–water partition coefficient (Wildman–Crippen LogP) is 3.38. The van der Waals surface area contributed by atoms with E-state index in [1.165, 1.54) is 4.90 Å². The Balaban J connectivity index is 2.09. The largest absolute Gasteiger partial charge is 0.381 e. The zero-order valence-corrected chi connectivity index (χ0v) is 12.2. The molecule has 1 aromatic carbocycles. The maximum atomic E-state index is 13.4. The van der Waals surface area contributed by atoms with Crippen LogP contribution in [0.25, 0.3) is 0 Å². The van der Waals surface area contributed by atoms with E-state index in [1.54, 1.807) is 12.1 Å². The van der Waals surface area contributed by atoms with Crippen LogP contribution in [-0.4, -0.2) is 24.5 Å². The van der Waals surface area contributed by atoms with Gasteiger partial charge in [-0.15, -0.1) is 11.8 Å². The highest BCUT2D eigenvalue weighted by atomic mass is 32.2. The zero-order valence-electron chi connectivity index (χ0n) is 11.4. The summed E-state index contributed by atoms with van der Waals surface area (Å²) < 4.78 is 18.8. The average molecular weight is 283 g/mol. The lowest BCUT2D eigenvalue weighted by Gasteiger charge is -2.23. The number of halogens is 1. The van der Waals surface area contributed by atoms with Gasteiger partial charge in [-0.1, -0.05) is 6.92 Å². The first-order valence-electron chi connectivity index (χ1n) is 6.97. The van der Waals surface area contributed by atoms with Gasteiger partial charge >= 0.3 is 0 Å². The number of hydrogen-bond donors (Lipinski definition) is 1. The minimum absolute atomic E-state index is 0.107. The van der Waals surface area contributed by atoms with E-state index < -0.39 is 0 Å². The van der Waals surface area contributed by atoms with Gasteiger partial charge in [0.25, 0.3) is 0 Å². The van der Waals surface area contributed by atoms with Crippen molar-refractivity contribution in [2.45, 2.75) is 48.8 Å². The van der Waals surface area contributed by atoms with Crippen LogP contribution < -0.4 is 5.73 Å². The molecule has 1 aliphatic rings. The van der Waals surface area contributed by atoms with Crippen molar-refractivity contribution in [2.75, 3.05) is 13.2 Å². The minimum Gasteiger partial charge on any atom is -0.381 e. The molecule has 1 unspecified atom stereocenters. The molecular weight excluding hydrogens is 261 g/mol. The second-order valence-corrected chi connectivity index (χ2v) is 6.40. The topological polar surface area (TPSA) is 35.2 Å². The molecule has 0 amide bonds. The van der Waals surface area contributed by atoms with Crippen molar-refractivity contribution in [3.63, 3.8) is 0 Å². The quantitative estimate of drug-likeness (QED) is 0.900. The van der Waals surface area contributed by atoms with Gasteiger partial charge in [0.05, 0.1) is 0 Å². The van der Waals surface area contributed by atoms with Gasteiger partial charge in [-0.25, -0.2) is 4.39 Å².